The van der Waals surface area contributed by atoms with Crippen LogP contribution in [0.15, 0.2) is 48.5 Å². The topological polar surface area (TPSA) is 64.4 Å². The predicted molar refractivity (Wildman–Crippen MR) is 135 cm³/mol. The van der Waals surface area contributed by atoms with Crippen molar-refractivity contribution in [2.45, 2.75) is 25.1 Å². The van der Waals surface area contributed by atoms with Gasteiger partial charge in [-0.2, -0.15) is 8.78 Å². The highest BCUT2D eigenvalue weighted by atomic mass is 31.2. The maximum atomic E-state index is 16.4. The molecule has 0 radical (unpaired) electrons. The second kappa shape index (κ2) is 8.43. The number of hydrogen-bond acceptors (Lipinski definition) is 4. The van der Waals surface area contributed by atoms with E-state index in [-0.39, 0.29) is 56.6 Å². The molecule has 2 aliphatic rings. The first-order valence-corrected chi connectivity index (χ1v) is 14.3. The molecule has 1 aromatic heterocycles. The molecule has 38 heavy (non-hydrogen) atoms. The second-order valence-electron chi connectivity index (χ2n) is 9.69. The van der Waals surface area contributed by atoms with Crippen LogP contribution in [0.4, 0.5) is 17.6 Å². The number of amides is 1. The van der Waals surface area contributed by atoms with Crippen LogP contribution < -0.4 is 10.0 Å². The summed E-state index contributed by atoms with van der Waals surface area (Å²) in [5, 5.41) is 0.0237. The minimum Gasteiger partial charge on any atom is -0.434 e. The Balaban J connectivity index is 1.62. The fourth-order valence-corrected chi connectivity index (χ4v) is 6.50. The number of rotatable bonds is 4. The van der Waals surface area contributed by atoms with Crippen molar-refractivity contribution >= 4 is 29.4 Å². The van der Waals surface area contributed by atoms with Crippen LogP contribution in [-0.2, 0) is 4.57 Å². The summed E-state index contributed by atoms with van der Waals surface area (Å²) in [6, 6.07) is 8.51. The molecule has 0 spiro atoms. The third kappa shape index (κ3) is 3.57. The molecule has 2 aliphatic heterocycles. The molecular formula is C27H22F4N3O3P. The van der Waals surface area contributed by atoms with E-state index in [9.17, 15) is 22.5 Å². The number of ether oxygens (including phenoxy) is 1. The zero-order valence-corrected chi connectivity index (χ0v) is 21.0. The highest BCUT2D eigenvalue weighted by Gasteiger charge is 2.45. The van der Waals surface area contributed by atoms with Crippen LogP contribution in [0.25, 0.3) is 22.2 Å². The number of fused-ring (bicyclic) bond motifs is 9. The van der Waals surface area contributed by atoms with E-state index in [1.165, 1.54) is 60.4 Å². The molecule has 0 saturated carbocycles. The van der Waals surface area contributed by atoms with Crippen molar-refractivity contribution in [2.24, 2.45) is 0 Å². The molecule has 4 aromatic rings. The minimum absolute atomic E-state index is 0.00514. The predicted octanol–water partition coefficient (Wildman–Crippen LogP) is 5.95. The lowest BCUT2D eigenvalue weighted by atomic mass is 9.97. The molecule has 0 fully saturated rings. The minimum atomic E-state index is -3.24. The van der Waals surface area contributed by atoms with Gasteiger partial charge in [-0.05, 0) is 55.3 Å². The fraction of sp³-hybridized carbons (Fsp3) is 0.259. The number of hydrogen-bond donors (Lipinski definition) is 0. The molecule has 0 saturated heterocycles. The normalized spacial score (nSPS) is 20.1. The van der Waals surface area contributed by atoms with Crippen molar-refractivity contribution in [3.05, 3.63) is 77.1 Å². The summed E-state index contributed by atoms with van der Waals surface area (Å²) in [6.07, 6.45) is -0.0751. The Kier molecular flexibility index (Phi) is 4.72. The van der Waals surface area contributed by atoms with Gasteiger partial charge in [0.15, 0.2) is 5.82 Å². The number of carbonyl (C=O) groups excluding carboxylic acids is 1. The zero-order chi connectivity index (χ0) is 29.6. The second-order valence-corrected chi connectivity index (χ2v) is 12.9. The zero-order valence-electron chi connectivity index (χ0n) is 23.1. The highest BCUT2D eigenvalue weighted by Crippen LogP contribution is 2.50. The summed E-state index contributed by atoms with van der Waals surface area (Å²) in [5.41, 5.74) is 0.0610. The first-order chi connectivity index (χ1) is 19.2. The van der Waals surface area contributed by atoms with E-state index in [0.29, 0.717) is 4.90 Å². The third-order valence-corrected chi connectivity index (χ3v) is 8.61. The smallest absolute Gasteiger partial charge is 0.387 e. The average Bonchev–Trinajstić information content (AvgIpc) is 3.36. The van der Waals surface area contributed by atoms with Crippen LogP contribution in [0.1, 0.15) is 44.4 Å². The standard InChI is InChI=1S/C27H22F4N3O3P/c1-33-19-12-18(22-15(26(33)35)5-4-6-20(22)37-27(30)31)34-24-17(32-25(19)34)9-8-14(23(24)29)13-7-10-21(16(28)11-13)38(2,3)36/h4-11,18-19,27H,12H2,1-3H3/t18-,19+/m1/s1/i1D3. The number of carbonyl (C=O) groups is 1. The van der Waals surface area contributed by atoms with E-state index in [2.05, 4.69) is 4.98 Å². The lowest BCUT2D eigenvalue weighted by Gasteiger charge is -2.24. The number of benzene rings is 3. The lowest BCUT2D eigenvalue weighted by molar-refractivity contribution is -0.0507. The molecule has 6 nitrogen and oxygen atoms in total. The van der Waals surface area contributed by atoms with Crippen molar-refractivity contribution in [3.63, 3.8) is 0 Å². The van der Waals surface area contributed by atoms with E-state index in [4.69, 9.17) is 8.85 Å². The molecule has 3 heterocycles. The Labute approximate surface area is 219 Å². The summed E-state index contributed by atoms with van der Waals surface area (Å²) in [7, 11) is -2.93. The summed E-state index contributed by atoms with van der Waals surface area (Å²) in [6.45, 7) is -3.32. The first-order valence-electron chi connectivity index (χ1n) is 13.2. The van der Waals surface area contributed by atoms with Gasteiger partial charge in [-0.25, -0.2) is 13.8 Å². The van der Waals surface area contributed by atoms with Gasteiger partial charge in [0.25, 0.3) is 5.91 Å². The van der Waals surface area contributed by atoms with Gasteiger partial charge in [-0.3, -0.25) is 4.79 Å². The molecule has 0 N–H and O–H groups in total. The molecule has 2 bridgehead atoms. The summed E-state index contributed by atoms with van der Waals surface area (Å²) in [5.74, 6) is -2.74. The van der Waals surface area contributed by atoms with E-state index in [1.807, 2.05) is 0 Å². The molecule has 0 aliphatic carbocycles. The van der Waals surface area contributed by atoms with Crippen molar-refractivity contribution in [1.29, 1.82) is 0 Å². The third-order valence-electron chi connectivity index (χ3n) is 7.09. The van der Waals surface area contributed by atoms with Crippen LogP contribution in [0.3, 0.4) is 0 Å². The van der Waals surface area contributed by atoms with Crippen molar-refractivity contribution in [3.8, 4) is 16.9 Å². The Morgan fingerprint density at radius 3 is 2.58 bits per heavy atom. The molecule has 6 rings (SSSR count). The summed E-state index contributed by atoms with van der Waals surface area (Å²) in [4.78, 5) is 18.7. The molecule has 3 aromatic carbocycles. The van der Waals surface area contributed by atoms with Crippen molar-refractivity contribution in [2.75, 3.05) is 20.3 Å². The van der Waals surface area contributed by atoms with E-state index < -0.39 is 50.4 Å². The van der Waals surface area contributed by atoms with Crippen molar-refractivity contribution < 1.29 is 35.8 Å². The van der Waals surface area contributed by atoms with E-state index in [1.54, 1.807) is 0 Å². The Hall–Kier alpha value is -3.65. The van der Waals surface area contributed by atoms with Crippen LogP contribution >= 0.6 is 7.14 Å². The van der Waals surface area contributed by atoms with E-state index in [0.717, 1.165) is 6.07 Å². The number of halogens is 4. The number of nitrogens with zero attached hydrogens (tertiary/aromatic N) is 3. The molecule has 2 atom stereocenters. The van der Waals surface area contributed by atoms with Crippen LogP contribution in [-0.4, -0.2) is 47.3 Å². The SMILES string of the molecule is [2H]C([2H])([2H])N1C(=O)c2cccc(OC(F)F)c2[C@H]2C[C@H]1c1nc3ccc(-c4ccc(P(C)(C)=O)c(F)c4)c(F)c3n12. The molecule has 0 unspecified atom stereocenters. The Morgan fingerprint density at radius 1 is 1.11 bits per heavy atom. The Bertz CT molecular complexity index is 1800. The maximum absolute atomic E-state index is 16.4. The number of alkyl halides is 2. The van der Waals surface area contributed by atoms with Gasteiger partial charge in [-0.1, -0.05) is 12.1 Å². The van der Waals surface area contributed by atoms with Crippen LogP contribution in [0.5, 0.6) is 5.75 Å². The monoisotopic (exact) mass is 546 g/mol. The van der Waals surface area contributed by atoms with Gasteiger partial charge in [0.2, 0.25) is 0 Å². The van der Waals surface area contributed by atoms with Gasteiger partial charge in [0.1, 0.15) is 30.0 Å². The largest absolute Gasteiger partial charge is 0.434 e. The van der Waals surface area contributed by atoms with Gasteiger partial charge in [0, 0.05) is 39.5 Å². The fourth-order valence-electron chi connectivity index (χ4n) is 5.48. The summed E-state index contributed by atoms with van der Waals surface area (Å²) < 4.78 is 101. The lowest BCUT2D eigenvalue weighted by Crippen LogP contribution is -2.30. The summed E-state index contributed by atoms with van der Waals surface area (Å²) >= 11 is 0. The molecule has 196 valence electrons. The molecule has 11 heteroatoms. The first kappa shape index (κ1) is 21.3. The van der Waals surface area contributed by atoms with E-state index >= 15 is 4.39 Å². The van der Waals surface area contributed by atoms with Crippen LogP contribution in [0.2, 0.25) is 0 Å². The highest BCUT2D eigenvalue weighted by molar-refractivity contribution is 7.70. The molecule has 1 amide bonds. The maximum Gasteiger partial charge on any atom is 0.387 e. The van der Waals surface area contributed by atoms with Gasteiger partial charge in [-0.15, -0.1) is 0 Å². The van der Waals surface area contributed by atoms with Crippen molar-refractivity contribution in [1.82, 2.24) is 14.5 Å². The van der Waals surface area contributed by atoms with Gasteiger partial charge in [0.05, 0.1) is 17.6 Å². The van der Waals surface area contributed by atoms with Gasteiger partial charge < -0.3 is 18.8 Å². The van der Waals surface area contributed by atoms with Crippen LogP contribution in [0, 0.1) is 11.6 Å². The average molecular weight is 546 g/mol. The Morgan fingerprint density at radius 2 is 1.89 bits per heavy atom. The van der Waals surface area contributed by atoms with Gasteiger partial charge >= 0.3 is 6.61 Å². The number of imidazole rings is 1. The number of aromatic nitrogens is 2. The molecular weight excluding hydrogens is 521 g/mol. The quantitative estimate of drug-likeness (QED) is 0.235.